The fourth-order valence-corrected chi connectivity index (χ4v) is 3.00. The molecule has 146 valence electrons. The van der Waals surface area contributed by atoms with Crippen molar-refractivity contribution in [1.82, 2.24) is 15.5 Å². The van der Waals surface area contributed by atoms with Crippen LogP contribution in [0.1, 0.15) is 45.4 Å². The van der Waals surface area contributed by atoms with Crippen molar-refractivity contribution in [2.24, 2.45) is 16.8 Å². The van der Waals surface area contributed by atoms with Gasteiger partial charge in [0, 0.05) is 52.9 Å². The lowest BCUT2D eigenvalue weighted by Gasteiger charge is -2.31. The molecule has 1 aliphatic carbocycles. The van der Waals surface area contributed by atoms with E-state index in [2.05, 4.69) is 22.5 Å². The fraction of sp³-hybridized carbons (Fsp3) is 0.889. The first-order valence-corrected chi connectivity index (χ1v) is 9.49. The molecule has 0 aromatic carbocycles. The highest BCUT2D eigenvalue weighted by Gasteiger charge is 2.21. The lowest BCUT2D eigenvalue weighted by Crippen LogP contribution is -2.42. The molecule has 1 atom stereocenters. The van der Waals surface area contributed by atoms with Gasteiger partial charge in [-0.3, -0.25) is 9.79 Å². The van der Waals surface area contributed by atoms with E-state index in [0.717, 1.165) is 57.6 Å². The Labute approximate surface area is 169 Å². The number of hydrogen-bond donors (Lipinski definition) is 2. The number of halogens is 1. The predicted octanol–water partition coefficient (Wildman–Crippen LogP) is 2.23. The zero-order valence-corrected chi connectivity index (χ0v) is 18.1. The Morgan fingerprint density at radius 1 is 1.24 bits per heavy atom. The van der Waals surface area contributed by atoms with Gasteiger partial charge >= 0.3 is 0 Å². The number of ether oxygens (including phenoxy) is 1. The monoisotopic (exact) mass is 466 g/mol. The number of carbonyl (C=O) groups excluding carboxylic acids is 1. The van der Waals surface area contributed by atoms with Crippen LogP contribution in [0.4, 0.5) is 0 Å². The van der Waals surface area contributed by atoms with Gasteiger partial charge in [0.1, 0.15) is 0 Å². The van der Waals surface area contributed by atoms with E-state index in [1.807, 2.05) is 4.90 Å². The highest BCUT2D eigenvalue weighted by molar-refractivity contribution is 14.0. The highest BCUT2D eigenvalue weighted by Crippen LogP contribution is 2.28. The Morgan fingerprint density at radius 2 is 2.00 bits per heavy atom. The molecule has 2 N–H and O–H groups in total. The van der Waals surface area contributed by atoms with E-state index in [9.17, 15) is 4.79 Å². The normalized spacial score (nSPS) is 20.8. The van der Waals surface area contributed by atoms with Crippen molar-refractivity contribution in [3.8, 4) is 0 Å². The third-order valence-corrected chi connectivity index (χ3v) is 4.67. The summed E-state index contributed by atoms with van der Waals surface area (Å²) >= 11 is 0. The smallest absolute Gasteiger partial charge is 0.224 e. The van der Waals surface area contributed by atoms with Crippen LogP contribution in [0.25, 0.3) is 0 Å². The maximum absolute atomic E-state index is 12.2. The number of piperidine rings is 1. The summed E-state index contributed by atoms with van der Waals surface area (Å²) in [5.74, 6) is 2.47. The van der Waals surface area contributed by atoms with E-state index in [-0.39, 0.29) is 29.9 Å². The second-order valence-corrected chi connectivity index (χ2v) is 7.13. The van der Waals surface area contributed by atoms with E-state index >= 15 is 0 Å². The average Bonchev–Trinajstić information content (AvgIpc) is 3.40. The van der Waals surface area contributed by atoms with Gasteiger partial charge in [-0.05, 0) is 43.9 Å². The van der Waals surface area contributed by atoms with Crippen LogP contribution >= 0.6 is 24.0 Å². The molecule has 1 unspecified atom stereocenters. The first-order valence-electron chi connectivity index (χ1n) is 9.49. The molecule has 0 radical (unpaired) electrons. The Bertz CT molecular complexity index is 416. The van der Waals surface area contributed by atoms with E-state index in [4.69, 9.17) is 4.74 Å². The number of nitrogens with one attached hydrogen (secondary N) is 2. The Hall–Kier alpha value is -0.570. The predicted molar refractivity (Wildman–Crippen MR) is 113 cm³/mol. The number of nitrogens with zero attached hydrogens (tertiary/aromatic N) is 2. The molecule has 1 aliphatic heterocycles. The minimum absolute atomic E-state index is 0. The summed E-state index contributed by atoms with van der Waals surface area (Å²) in [6.07, 6.45) is 6.54. The van der Waals surface area contributed by atoms with E-state index in [1.54, 1.807) is 7.05 Å². The van der Waals surface area contributed by atoms with Crippen molar-refractivity contribution in [2.75, 3.05) is 46.4 Å². The maximum atomic E-state index is 12.2. The van der Waals surface area contributed by atoms with Crippen molar-refractivity contribution in [3.63, 3.8) is 0 Å². The van der Waals surface area contributed by atoms with Crippen LogP contribution in [0.3, 0.4) is 0 Å². The third kappa shape index (κ3) is 9.63. The van der Waals surface area contributed by atoms with Gasteiger partial charge in [0.15, 0.2) is 5.96 Å². The van der Waals surface area contributed by atoms with Gasteiger partial charge in [-0.15, -0.1) is 24.0 Å². The summed E-state index contributed by atoms with van der Waals surface area (Å²) in [7, 11) is 1.76. The molecule has 7 heteroatoms. The van der Waals surface area contributed by atoms with Gasteiger partial charge < -0.3 is 20.3 Å². The molecule has 1 heterocycles. The second kappa shape index (κ2) is 12.7. The van der Waals surface area contributed by atoms with Crippen LogP contribution in [0, 0.1) is 11.8 Å². The van der Waals surface area contributed by atoms with Crippen LogP contribution in [0.5, 0.6) is 0 Å². The number of likely N-dealkylation sites (tertiary alicyclic amines) is 1. The van der Waals surface area contributed by atoms with Crippen molar-refractivity contribution in [2.45, 2.75) is 45.4 Å². The van der Waals surface area contributed by atoms with Gasteiger partial charge in [-0.25, -0.2) is 0 Å². The molecule has 0 aromatic rings. The molecule has 0 bridgehead atoms. The molecule has 25 heavy (non-hydrogen) atoms. The summed E-state index contributed by atoms with van der Waals surface area (Å²) in [5.41, 5.74) is 0. The SMILES string of the molecule is CN=C(NCCCOCC1CC1)NCCC(=O)N1CCCC(C)C1.I. The van der Waals surface area contributed by atoms with Crippen LogP contribution in [0.2, 0.25) is 0 Å². The van der Waals surface area contributed by atoms with Gasteiger partial charge in [-0.1, -0.05) is 6.92 Å². The van der Waals surface area contributed by atoms with Gasteiger partial charge in [-0.2, -0.15) is 0 Å². The molecule has 2 fully saturated rings. The molecule has 6 nitrogen and oxygen atoms in total. The average molecular weight is 466 g/mol. The van der Waals surface area contributed by atoms with Crippen molar-refractivity contribution >= 4 is 35.8 Å². The fourth-order valence-electron chi connectivity index (χ4n) is 3.00. The molecular weight excluding hydrogens is 431 g/mol. The number of carbonyl (C=O) groups is 1. The molecule has 1 saturated heterocycles. The molecule has 0 spiro atoms. The lowest BCUT2D eigenvalue weighted by molar-refractivity contribution is -0.132. The standard InChI is InChI=1S/C18H34N4O2.HI/c1-15-5-3-11-22(13-15)17(23)8-10-21-18(19-2)20-9-4-12-24-14-16-6-7-16;/h15-16H,3-14H2,1-2H3,(H2,19,20,21);1H. The molecule has 1 saturated carbocycles. The van der Waals surface area contributed by atoms with E-state index < -0.39 is 0 Å². The van der Waals surface area contributed by atoms with Crippen LogP contribution in [0.15, 0.2) is 4.99 Å². The molecule has 2 aliphatic rings. The van der Waals surface area contributed by atoms with Crippen molar-refractivity contribution in [1.29, 1.82) is 0 Å². The number of guanidine groups is 1. The molecule has 2 rings (SSSR count). The summed E-state index contributed by atoms with van der Waals surface area (Å²) < 4.78 is 5.61. The largest absolute Gasteiger partial charge is 0.381 e. The zero-order valence-electron chi connectivity index (χ0n) is 15.8. The first-order chi connectivity index (χ1) is 11.7. The number of hydrogen-bond acceptors (Lipinski definition) is 3. The van der Waals surface area contributed by atoms with E-state index in [0.29, 0.717) is 18.9 Å². The van der Waals surface area contributed by atoms with Gasteiger partial charge in [0.25, 0.3) is 0 Å². The molecule has 1 amide bonds. The Morgan fingerprint density at radius 3 is 2.68 bits per heavy atom. The zero-order chi connectivity index (χ0) is 17.2. The molecule has 0 aromatic heterocycles. The van der Waals surface area contributed by atoms with Crippen molar-refractivity contribution in [3.05, 3.63) is 0 Å². The minimum atomic E-state index is 0. The Balaban J connectivity index is 0.00000312. The second-order valence-electron chi connectivity index (χ2n) is 7.13. The summed E-state index contributed by atoms with van der Waals surface area (Å²) in [6.45, 7) is 7.22. The topological polar surface area (TPSA) is 66.0 Å². The maximum Gasteiger partial charge on any atom is 0.224 e. The summed E-state index contributed by atoms with van der Waals surface area (Å²) in [6, 6.07) is 0. The minimum Gasteiger partial charge on any atom is -0.381 e. The van der Waals surface area contributed by atoms with Crippen LogP contribution < -0.4 is 10.6 Å². The van der Waals surface area contributed by atoms with E-state index in [1.165, 1.54) is 19.3 Å². The lowest BCUT2D eigenvalue weighted by atomic mass is 10.00. The summed E-state index contributed by atoms with van der Waals surface area (Å²) in [4.78, 5) is 18.4. The van der Waals surface area contributed by atoms with Crippen molar-refractivity contribution < 1.29 is 9.53 Å². The van der Waals surface area contributed by atoms with Crippen LogP contribution in [-0.4, -0.2) is 63.2 Å². The van der Waals surface area contributed by atoms with Gasteiger partial charge in [0.05, 0.1) is 0 Å². The van der Waals surface area contributed by atoms with Crippen LogP contribution in [-0.2, 0) is 9.53 Å². The highest BCUT2D eigenvalue weighted by atomic mass is 127. The number of aliphatic imine (C=N–C) groups is 1. The number of rotatable bonds is 9. The molecular formula is C18H35IN4O2. The third-order valence-electron chi connectivity index (χ3n) is 4.67. The number of amides is 1. The quantitative estimate of drug-likeness (QED) is 0.237. The first kappa shape index (κ1) is 22.5. The van der Waals surface area contributed by atoms with Gasteiger partial charge in [0.2, 0.25) is 5.91 Å². The Kier molecular flexibility index (Phi) is 11.4. The summed E-state index contributed by atoms with van der Waals surface area (Å²) in [5, 5.41) is 6.49.